The summed E-state index contributed by atoms with van der Waals surface area (Å²) in [5, 5.41) is 0. The van der Waals surface area contributed by atoms with Crippen molar-refractivity contribution in [2.24, 2.45) is 0 Å². The minimum absolute atomic E-state index is 0.0325. The monoisotopic (exact) mass is 1360 g/mol. The van der Waals surface area contributed by atoms with Gasteiger partial charge >= 0.3 is 19.8 Å². The molecular formula is C86H157NO8P+. The topological polar surface area (TPSA) is 108 Å². The second kappa shape index (κ2) is 76.1. The molecule has 0 aliphatic carbocycles. The first-order chi connectivity index (χ1) is 47.0. The largest absolute Gasteiger partial charge is 0.472 e. The van der Waals surface area contributed by atoms with Gasteiger partial charge in [-0.2, -0.15) is 0 Å². The molecule has 0 fully saturated rings. The van der Waals surface area contributed by atoms with Gasteiger partial charge in [0.1, 0.15) is 19.8 Å². The van der Waals surface area contributed by atoms with Gasteiger partial charge in [-0.25, -0.2) is 4.57 Å². The molecule has 0 radical (unpaired) electrons. The summed E-state index contributed by atoms with van der Waals surface area (Å²) >= 11 is 0. The molecule has 558 valence electrons. The Hall–Kier alpha value is -3.07. The molecule has 0 bridgehead atoms. The maximum absolute atomic E-state index is 12.9. The molecule has 0 spiro atoms. The van der Waals surface area contributed by atoms with Crippen molar-refractivity contribution in [1.82, 2.24) is 0 Å². The summed E-state index contributed by atoms with van der Waals surface area (Å²) in [7, 11) is 1.49. The number of nitrogens with zero attached hydrogens (tertiary/aromatic N) is 1. The number of phosphoric acid groups is 1. The van der Waals surface area contributed by atoms with Crippen molar-refractivity contribution in [3.05, 3.63) is 97.2 Å². The predicted octanol–water partition coefficient (Wildman–Crippen LogP) is 27.4. The van der Waals surface area contributed by atoms with Crippen LogP contribution in [0.4, 0.5) is 0 Å². The molecule has 1 N–H and O–H groups in total. The van der Waals surface area contributed by atoms with E-state index in [1.165, 1.54) is 270 Å². The maximum atomic E-state index is 12.9. The molecule has 0 aliphatic heterocycles. The number of esters is 2. The molecule has 0 amide bonds. The highest BCUT2D eigenvalue weighted by atomic mass is 31.2. The third-order valence-corrected chi connectivity index (χ3v) is 19.1. The van der Waals surface area contributed by atoms with Crippen LogP contribution < -0.4 is 0 Å². The van der Waals surface area contributed by atoms with Gasteiger partial charge in [0.05, 0.1) is 27.7 Å². The van der Waals surface area contributed by atoms with Gasteiger partial charge in [-0.15, -0.1) is 0 Å². The average Bonchev–Trinajstić information content (AvgIpc) is 2.54. The first kappa shape index (κ1) is 92.9. The Bertz CT molecular complexity index is 1940. The number of carbonyl (C=O) groups excluding carboxylic acids is 2. The fraction of sp³-hybridized carbons (Fsp3) is 0.791. The first-order valence-electron chi connectivity index (χ1n) is 41.0. The molecule has 0 saturated heterocycles. The van der Waals surface area contributed by atoms with E-state index in [4.69, 9.17) is 18.5 Å². The Balaban J connectivity index is 3.89. The number of quaternary nitrogens is 1. The molecule has 0 aliphatic rings. The van der Waals surface area contributed by atoms with Crippen LogP contribution in [0.5, 0.6) is 0 Å². The second-order valence-electron chi connectivity index (χ2n) is 28.7. The Labute approximate surface area is 595 Å². The molecule has 2 unspecified atom stereocenters. The predicted molar refractivity (Wildman–Crippen MR) is 418 cm³/mol. The smallest absolute Gasteiger partial charge is 0.462 e. The van der Waals surface area contributed by atoms with Crippen LogP contribution in [0.2, 0.25) is 0 Å². The molecule has 2 atom stereocenters. The van der Waals surface area contributed by atoms with Gasteiger partial charge in [-0.05, 0) is 89.9 Å². The quantitative estimate of drug-likeness (QED) is 0.0211. The standard InChI is InChI=1S/C86H156NO8P/c1-6-8-10-12-14-16-18-20-22-24-26-28-30-32-34-36-38-39-40-41-42-43-44-45-46-47-49-51-53-55-57-59-61-63-65-67-69-71-73-75-77-79-86(89)95-84(83-94-96(90,91)93-81-80-87(3,4)5)82-92-85(88)78-76-74-72-70-68-66-64-62-60-58-56-54-52-50-48-37-35-33-31-29-27-25-23-21-19-17-15-13-11-9-7-2/h8-11,14-17,20-23,26-29,84H,6-7,12-13,18-19,24-25,30-83H2,1-5H3/p+1/b10-8-,11-9-,16-14-,17-15-,22-20-,23-21-,28-26-,29-27-. The van der Waals surface area contributed by atoms with Crippen LogP contribution in [0, 0.1) is 0 Å². The summed E-state index contributed by atoms with van der Waals surface area (Å²) in [6.45, 7) is 4.27. The van der Waals surface area contributed by atoms with Gasteiger partial charge in [0.2, 0.25) is 0 Å². The van der Waals surface area contributed by atoms with Crippen molar-refractivity contribution in [3.63, 3.8) is 0 Å². The Morgan fingerprint density at radius 2 is 0.562 bits per heavy atom. The van der Waals surface area contributed by atoms with E-state index in [-0.39, 0.29) is 25.6 Å². The highest BCUT2D eigenvalue weighted by molar-refractivity contribution is 7.47. The molecule has 0 heterocycles. The van der Waals surface area contributed by atoms with Crippen LogP contribution in [-0.4, -0.2) is 74.9 Å². The average molecular weight is 1360 g/mol. The number of allylic oxidation sites excluding steroid dienone is 16. The molecule has 0 aromatic carbocycles. The molecule has 0 aromatic heterocycles. The molecule has 9 nitrogen and oxygen atoms in total. The third-order valence-electron chi connectivity index (χ3n) is 18.1. The van der Waals surface area contributed by atoms with Crippen molar-refractivity contribution in [3.8, 4) is 0 Å². The van der Waals surface area contributed by atoms with Crippen molar-refractivity contribution in [1.29, 1.82) is 0 Å². The fourth-order valence-corrected chi connectivity index (χ4v) is 12.7. The van der Waals surface area contributed by atoms with Crippen LogP contribution in [0.15, 0.2) is 97.2 Å². The van der Waals surface area contributed by atoms with E-state index >= 15 is 0 Å². The van der Waals surface area contributed by atoms with Crippen molar-refractivity contribution < 1.29 is 42.1 Å². The van der Waals surface area contributed by atoms with Crippen LogP contribution in [0.25, 0.3) is 0 Å². The SMILES string of the molecule is CC/C=C\C/C=C\C/C=C\C/C=C\CCCCCCCCCCCCCCCCCCCCCCCCCCCCCCC(=O)OC(COC(=O)CCCCCCCCCCCCCCCCCCCC/C=C\C/C=C\C/C=C\C/C=C\CC)COP(=O)(O)OCC[N+](C)(C)C. The highest BCUT2D eigenvalue weighted by Gasteiger charge is 2.27. The Morgan fingerprint density at radius 3 is 0.833 bits per heavy atom. The molecule has 0 rings (SSSR count). The number of hydrogen-bond donors (Lipinski definition) is 1. The number of unbranched alkanes of at least 4 members (excludes halogenated alkanes) is 46. The summed E-state index contributed by atoms with van der Waals surface area (Å²) < 4.78 is 34.9. The molecule has 0 saturated carbocycles. The van der Waals surface area contributed by atoms with Gasteiger partial charge in [0.25, 0.3) is 0 Å². The number of rotatable bonds is 76. The van der Waals surface area contributed by atoms with E-state index in [1.807, 2.05) is 21.1 Å². The second-order valence-corrected chi connectivity index (χ2v) is 30.2. The fourth-order valence-electron chi connectivity index (χ4n) is 11.9. The van der Waals surface area contributed by atoms with Crippen molar-refractivity contribution in [2.75, 3.05) is 47.5 Å². The first-order valence-corrected chi connectivity index (χ1v) is 42.5. The lowest BCUT2D eigenvalue weighted by Crippen LogP contribution is -2.37. The van der Waals surface area contributed by atoms with Crippen LogP contribution in [-0.2, 0) is 32.7 Å². The molecule has 10 heteroatoms. The lowest BCUT2D eigenvalue weighted by atomic mass is 10.0. The van der Waals surface area contributed by atoms with Crippen LogP contribution >= 0.6 is 7.82 Å². The number of phosphoric ester groups is 1. The number of ether oxygens (including phenoxy) is 2. The number of hydrogen-bond acceptors (Lipinski definition) is 7. The summed E-state index contributed by atoms with van der Waals surface area (Å²) in [5.74, 6) is -0.778. The van der Waals surface area contributed by atoms with Crippen molar-refractivity contribution >= 4 is 19.8 Å². The van der Waals surface area contributed by atoms with Crippen LogP contribution in [0.1, 0.15) is 386 Å². The minimum atomic E-state index is -4.40. The summed E-state index contributed by atoms with van der Waals surface area (Å²) in [6, 6.07) is 0. The van der Waals surface area contributed by atoms with E-state index in [0.29, 0.717) is 23.9 Å². The highest BCUT2D eigenvalue weighted by Crippen LogP contribution is 2.43. The molecule has 0 aromatic rings. The zero-order valence-electron chi connectivity index (χ0n) is 63.9. The van der Waals surface area contributed by atoms with Gasteiger partial charge in [0, 0.05) is 12.8 Å². The van der Waals surface area contributed by atoms with Gasteiger partial charge in [0.15, 0.2) is 6.10 Å². The van der Waals surface area contributed by atoms with E-state index < -0.39 is 26.5 Å². The Kier molecular flexibility index (Phi) is 73.7. The van der Waals surface area contributed by atoms with Crippen molar-refractivity contribution in [2.45, 2.75) is 392 Å². The van der Waals surface area contributed by atoms with E-state index in [1.54, 1.807) is 0 Å². The van der Waals surface area contributed by atoms with Gasteiger partial charge in [-0.1, -0.05) is 381 Å². The normalized spacial score (nSPS) is 13.5. The minimum Gasteiger partial charge on any atom is -0.462 e. The molecular weight excluding hydrogens is 1210 g/mol. The Morgan fingerprint density at radius 1 is 0.323 bits per heavy atom. The molecule has 96 heavy (non-hydrogen) atoms. The summed E-state index contributed by atoms with van der Waals surface area (Å²) in [5.41, 5.74) is 0. The number of likely N-dealkylation sites (N-methyl/N-ethyl adjacent to an activating group) is 1. The summed E-state index contributed by atoms with van der Waals surface area (Å²) in [6.07, 6.45) is 107. The van der Waals surface area contributed by atoms with E-state index in [9.17, 15) is 19.0 Å². The van der Waals surface area contributed by atoms with Crippen LogP contribution in [0.3, 0.4) is 0 Å². The zero-order chi connectivity index (χ0) is 69.7. The van der Waals surface area contributed by atoms with Gasteiger partial charge in [-0.3, -0.25) is 18.6 Å². The summed E-state index contributed by atoms with van der Waals surface area (Å²) in [4.78, 5) is 36.0. The van der Waals surface area contributed by atoms with Gasteiger partial charge < -0.3 is 18.9 Å². The number of carbonyl (C=O) groups is 2. The lowest BCUT2D eigenvalue weighted by Gasteiger charge is -2.24. The zero-order valence-corrected chi connectivity index (χ0v) is 64.7. The van der Waals surface area contributed by atoms with E-state index in [2.05, 4.69) is 111 Å². The lowest BCUT2D eigenvalue weighted by molar-refractivity contribution is -0.870. The third kappa shape index (κ3) is 79.9. The maximum Gasteiger partial charge on any atom is 0.472 e. The van der Waals surface area contributed by atoms with E-state index in [0.717, 1.165) is 83.5 Å².